The minimum absolute atomic E-state index is 0.00116. The van der Waals surface area contributed by atoms with Crippen molar-refractivity contribution < 1.29 is 9.90 Å². The molecule has 0 saturated carbocycles. The zero-order chi connectivity index (χ0) is 7.56. The van der Waals surface area contributed by atoms with Gasteiger partial charge in [-0.1, -0.05) is 0 Å². The fraction of sp³-hybridized carbons (Fsp3) is 0.857. The van der Waals surface area contributed by atoms with Gasteiger partial charge in [-0.05, 0) is 19.8 Å². The van der Waals surface area contributed by atoms with E-state index in [1.807, 2.05) is 6.92 Å². The van der Waals surface area contributed by atoms with E-state index < -0.39 is 0 Å². The summed E-state index contributed by atoms with van der Waals surface area (Å²) >= 11 is 0. The first kappa shape index (κ1) is 7.54. The molecule has 1 rings (SSSR count). The summed E-state index contributed by atoms with van der Waals surface area (Å²) in [5.41, 5.74) is 0. The van der Waals surface area contributed by atoms with Crippen molar-refractivity contribution >= 4 is 5.91 Å². The molecule has 1 saturated heterocycles. The van der Waals surface area contributed by atoms with E-state index >= 15 is 0 Å². The summed E-state index contributed by atoms with van der Waals surface area (Å²) in [4.78, 5) is 11.0. The van der Waals surface area contributed by atoms with Crippen molar-refractivity contribution in [2.45, 2.75) is 25.8 Å². The number of rotatable bonds is 1. The summed E-state index contributed by atoms with van der Waals surface area (Å²) in [5.74, 6) is -0.155. The highest BCUT2D eigenvalue weighted by Gasteiger charge is 2.24. The third-order valence-electron chi connectivity index (χ3n) is 1.93. The van der Waals surface area contributed by atoms with Crippen molar-refractivity contribution in [3.8, 4) is 0 Å². The smallest absolute Gasteiger partial charge is 0.225 e. The zero-order valence-corrected chi connectivity index (χ0v) is 6.13. The average molecular weight is 143 g/mol. The summed E-state index contributed by atoms with van der Waals surface area (Å²) in [6, 6.07) is 0.287. The van der Waals surface area contributed by atoms with E-state index in [-0.39, 0.29) is 24.5 Å². The van der Waals surface area contributed by atoms with Crippen LogP contribution in [0.1, 0.15) is 19.8 Å². The van der Waals surface area contributed by atoms with Gasteiger partial charge in [-0.2, -0.15) is 0 Å². The molecule has 1 aliphatic heterocycles. The quantitative estimate of drug-likeness (QED) is 0.538. The van der Waals surface area contributed by atoms with Crippen molar-refractivity contribution in [2.24, 2.45) is 5.92 Å². The van der Waals surface area contributed by atoms with Crippen LogP contribution in [0.2, 0.25) is 0 Å². The van der Waals surface area contributed by atoms with Crippen molar-refractivity contribution in [1.82, 2.24) is 5.32 Å². The van der Waals surface area contributed by atoms with Crippen molar-refractivity contribution in [3.05, 3.63) is 0 Å². The Morgan fingerprint density at radius 1 is 1.70 bits per heavy atom. The predicted octanol–water partition coefficient (Wildman–Crippen LogP) is -0.107. The number of aliphatic hydroxyl groups excluding tert-OH is 1. The zero-order valence-electron chi connectivity index (χ0n) is 6.13. The molecule has 10 heavy (non-hydrogen) atoms. The second kappa shape index (κ2) is 3.01. The topological polar surface area (TPSA) is 49.3 Å². The van der Waals surface area contributed by atoms with E-state index in [1.54, 1.807) is 0 Å². The Morgan fingerprint density at radius 3 is 2.90 bits per heavy atom. The number of hydrogen-bond acceptors (Lipinski definition) is 2. The number of nitrogens with one attached hydrogen (secondary N) is 1. The number of hydrogen-bond donors (Lipinski definition) is 2. The Kier molecular flexibility index (Phi) is 2.27. The Labute approximate surface area is 60.4 Å². The van der Waals surface area contributed by atoms with Gasteiger partial charge in [0.25, 0.3) is 0 Å². The lowest BCUT2D eigenvalue weighted by molar-refractivity contribution is -0.128. The summed E-state index contributed by atoms with van der Waals surface area (Å²) < 4.78 is 0. The first-order valence-electron chi connectivity index (χ1n) is 3.65. The first-order chi connectivity index (χ1) is 4.74. The van der Waals surface area contributed by atoms with E-state index in [0.29, 0.717) is 0 Å². The summed E-state index contributed by atoms with van der Waals surface area (Å²) in [7, 11) is 0. The van der Waals surface area contributed by atoms with Crippen LogP contribution in [-0.4, -0.2) is 23.7 Å². The molecule has 1 fully saturated rings. The second-order valence-electron chi connectivity index (χ2n) is 2.87. The summed E-state index contributed by atoms with van der Waals surface area (Å²) in [6.45, 7) is 1.96. The van der Waals surface area contributed by atoms with Gasteiger partial charge >= 0.3 is 0 Å². The number of carbonyl (C=O) groups is 1. The first-order valence-corrected chi connectivity index (χ1v) is 3.65. The number of piperidine rings is 1. The molecule has 0 bridgehead atoms. The molecule has 3 nitrogen and oxygen atoms in total. The Balaban J connectivity index is 2.43. The van der Waals surface area contributed by atoms with Gasteiger partial charge in [-0.15, -0.1) is 0 Å². The highest BCUT2D eigenvalue weighted by molar-refractivity contribution is 5.79. The van der Waals surface area contributed by atoms with Crippen LogP contribution in [-0.2, 0) is 4.79 Å². The van der Waals surface area contributed by atoms with Gasteiger partial charge in [0.05, 0.1) is 12.5 Å². The Bertz CT molecular complexity index is 136. The van der Waals surface area contributed by atoms with E-state index in [2.05, 4.69) is 5.32 Å². The number of carbonyl (C=O) groups excluding carboxylic acids is 1. The molecule has 3 heteroatoms. The molecule has 2 N–H and O–H groups in total. The van der Waals surface area contributed by atoms with Crippen LogP contribution in [0.5, 0.6) is 0 Å². The van der Waals surface area contributed by atoms with Gasteiger partial charge in [0.2, 0.25) is 5.91 Å². The van der Waals surface area contributed by atoms with Gasteiger partial charge in [-0.25, -0.2) is 0 Å². The molecule has 0 spiro atoms. The van der Waals surface area contributed by atoms with Gasteiger partial charge in [0.1, 0.15) is 0 Å². The molecule has 58 valence electrons. The van der Waals surface area contributed by atoms with Crippen LogP contribution in [0.25, 0.3) is 0 Å². The lowest BCUT2D eigenvalue weighted by Crippen LogP contribution is -2.43. The van der Waals surface area contributed by atoms with Gasteiger partial charge in [0.15, 0.2) is 0 Å². The normalized spacial score (nSPS) is 33.6. The van der Waals surface area contributed by atoms with Crippen LogP contribution in [0.3, 0.4) is 0 Å². The lowest BCUT2D eigenvalue weighted by Gasteiger charge is -2.25. The van der Waals surface area contributed by atoms with Crippen LogP contribution < -0.4 is 5.32 Å². The average Bonchev–Trinajstić information content (AvgIpc) is 1.88. The highest BCUT2D eigenvalue weighted by Crippen LogP contribution is 2.13. The highest BCUT2D eigenvalue weighted by atomic mass is 16.3. The molecular weight excluding hydrogens is 130 g/mol. The standard InChI is InChI=1S/C7H13NO2/c1-5-2-3-6(4-9)7(10)8-5/h5-6,9H,2-4H2,1H3,(H,8,10)/t5-,6+/m1/s1. The van der Waals surface area contributed by atoms with E-state index in [9.17, 15) is 4.79 Å². The third-order valence-corrected chi connectivity index (χ3v) is 1.93. The fourth-order valence-electron chi connectivity index (χ4n) is 1.19. The number of aliphatic hydroxyl groups is 1. The molecule has 0 radical (unpaired) electrons. The van der Waals surface area contributed by atoms with Gasteiger partial charge in [0, 0.05) is 6.04 Å². The molecule has 0 aliphatic carbocycles. The van der Waals surface area contributed by atoms with Crippen molar-refractivity contribution in [2.75, 3.05) is 6.61 Å². The van der Waals surface area contributed by atoms with Crippen LogP contribution >= 0.6 is 0 Å². The lowest BCUT2D eigenvalue weighted by atomic mass is 9.95. The minimum Gasteiger partial charge on any atom is -0.396 e. The molecule has 1 heterocycles. The van der Waals surface area contributed by atoms with Gasteiger partial charge in [-0.3, -0.25) is 4.79 Å². The predicted molar refractivity (Wildman–Crippen MR) is 37.4 cm³/mol. The number of amides is 1. The molecule has 0 aromatic rings. The Morgan fingerprint density at radius 2 is 2.40 bits per heavy atom. The maximum Gasteiger partial charge on any atom is 0.225 e. The van der Waals surface area contributed by atoms with Crippen LogP contribution in [0.4, 0.5) is 0 Å². The molecule has 2 atom stereocenters. The fourth-order valence-corrected chi connectivity index (χ4v) is 1.19. The van der Waals surface area contributed by atoms with Crippen LogP contribution in [0.15, 0.2) is 0 Å². The largest absolute Gasteiger partial charge is 0.396 e. The molecule has 0 aromatic carbocycles. The minimum atomic E-state index is -0.156. The molecule has 0 aromatic heterocycles. The van der Waals surface area contributed by atoms with E-state index in [0.717, 1.165) is 12.8 Å². The van der Waals surface area contributed by atoms with Crippen LogP contribution in [0, 0.1) is 5.92 Å². The molecule has 1 aliphatic rings. The monoisotopic (exact) mass is 143 g/mol. The maximum absolute atomic E-state index is 11.0. The summed E-state index contributed by atoms with van der Waals surface area (Å²) in [6.07, 6.45) is 1.81. The van der Waals surface area contributed by atoms with Crippen molar-refractivity contribution in [3.63, 3.8) is 0 Å². The SMILES string of the molecule is C[C@@H]1CC[C@@H](CO)C(=O)N1. The van der Waals surface area contributed by atoms with Gasteiger partial charge < -0.3 is 10.4 Å². The van der Waals surface area contributed by atoms with E-state index in [4.69, 9.17) is 5.11 Å². The molecule has 0 unspecified atom stereocenters. The molecular formula is C7H13NO2. The maximum atomic E-state index is 11.0. The van der Waals surface area contributed by atoms with E-state index in [1.165, 1.54) is 0 Å². The van der Waals surface area contributed by atoms with Crippen molar-refractivity contribution in [1.29, 1.82) is 0 Å². The second-order valence-corrected chi connectivity index (χ2v) is 2.87. The Hall–Kier alpha value is -0.570. The molecule has 1 amide bonds. The summed E-state index contributed by atoms with van der Waals surface area (Å²) in [5, 5.41) is 11.5. The third kappa shape index (κ3) is 1.48.